The number of nitrogens with zero attached hydrogens (tertiary/aromatic N) is 1. The highest BCUT2D eigenvalue weighted by atomic mass is 32.2. The van der Waals surface area contributed by atoms with Gasteiger partial charge in [0.1, 0.15) is 6.54 Å². The van der Waals surface area contributed by atoms with Crippen LogP contribution in [0.25, 0.3) is 6.08 Å². The monoisotopic (exact) mass is 423 g/mol. The minimum Gasteiger partial charge on any atom is -0.326 e. The Labute approximate surface area is 178 Å². The summed E-state index contributed by atoms with van der Waals surface area (Å²) in [5, 5.41) is 4.90. The van der Waals surface area contributed by atoms with E-state index in [1.54, 1.807) is 30.3 Å². The molecule has 0 unspecified atom stereocenters. The van der Waals surface area contributed by atoms with Crippen molar-refractivity contribution in [1.29, 1.82) is 0 Å². The first kappa shape index (κ1) is 21.3. The SMILES string of the molecule is CC(=O)Nc1ccc(/C=C2\SC(=O)N(CC(=O)Nc3cc(C)cc(C)c3)C2=O)cc1. The van der Waals surface area contributed by atoms with E-state index in [2.05, 4.69) is 10.6 Å². The van der Waals surface area contributed by atoms with Gasteiger partial charge < -0.3 is 10.6 Å². The minimum absolute atomic E-state index is 0.178. The molecule has 0 aliphatic carbocycles. The van der Waals surface area contributed by atoms with Crippen molar-refractivity contribution in [2.24, 2.45) is 0 Å². The van der Waals surface area contributed by atoms with E-state index in [4.69, 9.17) is 0 Å². The first-order valence-corrected chi connectivity index (χ1v) is 10.0. The summed E-state index contributed by atoms with van der Waals surface area (Å²) in [5.74, 6) is -1.13. The normalized spacial score (nSPS) is 14.9. The zero-order valence-corrected chi connectivity index (χ0v) is 17.6. The van der Waals surface area contributed by atoms with E-state index >= 15 is 0 Å². The Hall–Kier alpha value is -3.39. The molecule has 1 saturated heterocycles. The number of carbonyl (C=O) groups excluding carboxylic acids is 4. The van der Waals surface area contributed by atoms with Crippen LogP contribution in [0.1, 0.15) is 23.6 Å². The summed E-state index contributed by atoms with van der Waals surface area (Å²) in [6.45, 7) is 4.91. The van der Waals surface area contributed by atoms with Crippen LogP contribution in [0.5, 0.6) is 0 Å². The number of anilines is 2. The van der Waals surface area contributed by atoms with Crippen LogP contribution in [-0.4, -0.2) is 34.4 Å². The number of hydrogen-bond acceptors (Lipinski definition) is 5. The van der Waals surface area contributed by atoms with Crippen molar-refractivity contribution in [3.8, 4) is 0 Å². The molecule has 0 aromatic heterocycles. The third kappa shape index (κ3) is 5.36. The molecule has 0 radical (unpaired) electrons. The predicted molar refractivity (Wildman–Crippen MR) is 118 cm³/mol. The number of aryl methyl sites for hydroxylation is 2. The highest BCUT2D eigenvalue weighted by Crippen LogP contribution is 2.32. The van der Waals surface area contributed by atoms with E-state index in [1.807, 2.05) is 32.0 Å². The molecule has 4 amide bonds. The molecule has 8 heteroatoms. The first-order valence-electron chi connectivity index (χ1n) is 9.22. The van der Waals surface area contributed by atoms with Crippen LogP contribution in [0.2, 0.25) is 0 Å². The van der Waals surface area contributed by atoms with Crippen molar-refractivity contribution in [2.75, 3.05) is 17.2 Å². The number of carbonyl (C=O) groups is 4. The van der Waals surface area contributed by atoms with Crippen molar-refractivity contribution in [3.63, 3.8) is 0 Å². The second kappa shape index (κ2) is 8.96. The molecule has 1 aliphatic rings. The number of benzene rings is 2. The van der Waals surface area contributed by atoms with Crippen LogP contribution < -0.4 is 10.6 Å². The number of amides is 4. The molecular formula is C22H21N3O4S. The fourth-order valence-corrected chi connectivity index (χ4v) is 3.88. The van der Waals surface area contributed by atoms with E-state index in [0.29, 0.717) is 16.9 Å². The van der Waals surface area contributed by atoms with Crippen LogP contribution in [0.3, 0.4) is 0 Å². The summed E-state index contributed by atoms with van der Waals surface area (Å²) < 4.78 is 0. The molecule has 3 rings (SSSR count). The molecule has 2 aromatic rings. The maximum atomic E-state index is 12.6. The molecular weight excluding hydrogens is 402 g/mol. The third-order valence-electron chi connectivity index (χ3n) is 4.21. The van der Waals surface area contributed by atoms with E-state index in [1.165, 1.54) is 6.92 Å². The lowest BCUT2D eigenvalue weighted by molar-refractivity contribution is -0.127. The summed E-state index contributed by atoms with van der Waals surface area (Å²) in [7, 11) is 0. The maximum Gasteiger partial charge on any atom is 0.294 e. The summed E-state index contributed by atoms with van der Waals surface area (Å²) in [6, 6.07) is 12.5. The molecule has 1 fully saturated rings. The molecule has 2 aromatic carbocycles. The van der Waals surface area contributed by atoms with Crippen LogP contribution in [0, 0.1) is 13.8 Å². The van der Waals surface area contributed by atoms with Gasteiger partial charge in [-0.25, -0.2) is 0 Å². The van der Waals surface area contributed by atoms with Crippen LogP contribution in [-0.2, 0) is 14.4 Å². The number of rotatable bonds is 5. The van der Waals surface area contributed by atoms with Gasteiger partial charge in [-0.15, -0.1) is 0 Å². The zero-order valence-electron chi connectivity index (χ0n) is 16.8. The van der Waals surface area contributed by atoms with Gasteiger partial charge in [-0.3, -0.25) is 24.1 Å². The van der Waals surface area contributed by atoms with E-state index in [9.17, 15) is 19.2 Å². The molecule has 0 saturated carbocycles. The van der Waals surface area contributed by atoms with Gasteiger partial charge in [-0.1, -0.05) is 18.2 Å². The van der Waals surface area contributed by atoms with Gasteiger partial charge in [-0.2, -0.15) is 0 Å². The highest BCUT2D eigenvalue weighted by Gasteiger charge is 2.36. The quantitative estimate of drug-likeness (QED) is 0.711. The van der Waals surface area contributed by atoms with Gasteiger partial charge >= 0.3 is 0 Å². The molecule has 1 heterocycles. The fraction of sp³-hybridized carbons (Fsp3) is 0.182. The summed E-state index contributed by atoms with van der Waals surface area (Å²) >= 11 is 0.793. The van der Waals surface area contributed by atoms with Gasteiger partial charge in [0.05, 0.1) is 4.91 Å². The number of imide groups is 1. The third-order valence-corrected chi connectivity index (χ3v) is 5.12. The van der Waals surface area contributed by atoms with Crippen LogP contribution in [0.15, 0.2) is 47.4 Å². The topological polar surface area (TPSA) is 95.6 Å². The number of hydrogen-bond donors (Lipinski definition) is 2. The molecule has 2 N–H and O–H groups in total. The highest BCUT2D eigenvalue weighted by molar-refractivity contribution is 8.18. The summed E-state index contributed by atoms with van der Waals surface area (Å²) in [6.07, 6.45) is 1.59. The molecule has 30 heavy (non-hydrogen) atoms. The Morgan fingerprint density at radius 1 is 0.967 bits per heavy atom. The van der Waals surface area contributed by atoms with Crippen molar-refractivity contribution in [3.05, 3.63) is 64.1 Å². The summed E-state index contributed by atoms with van der Waals surface area (Å²) in [4.78, 5) is 49.5. The number of nitrogens with one attached hydrogen (secondary N) is 2. The summed E-state index contributed by atoms with van der Waals surface area (Å²) in [5.41, 5.74) is 3.97. The van der Waals surface area contributed by atoms with Crippen molar-refractivity contribution in [2.45, 2.75) is 20.8 Å². The molecule has 0 bridgehead atoms. The Morgan fingerprint density at radius 3 is 2.20 bits per heavy atom. The van der Waals surface area contributed by atoms with Gasteiger partial charge in [0.2, 0.25) is 11.8 Å². The second-order valence-corrected chi connectivity index (χ2v) is 7.99. The predicted octanol–water partition coefficient (Wildman–Crippen LogP) is 3.94. The van der Waals surface area contributed by atoms with Crippen LogP contribution in [0.4, 0.5) is 16.2 Å². The average Bonchev–Trinajstić information content (AvgIpc) is 2.89. The van der Waals surface area contributed by atoms with E-state index in [-0.39, 0.29) is 17.4 Å². The fourth-order valence-electron chi connectivity index (χ4n) is 3.04. The molecule has 1 aliphatic heterocycles. The first-order chi connectivity index (χ1) is 14.2. The average molecular weight is 423 g/mol. The van der Waals surface area contributed by atoms with Crippen molar-refractivity contribution in [1.82, 2.24) is 4.90 Å². The Morgan fingerprint density at radius 2 is 1.60 bits per heavy atom. The van der Waals surface area contributed by atoms with Crippen LogP contribution >= 0.6 is 11.8 Å². The molecule has 0 atom stereocenters. The van der Waals surface area contributed by atoms with Gasteiger partial charge in [0, 0.05) is 18.3 Å². The van der Waals surface area contributed by atoms with E-state index in [0.717, 1.165) is 27.8 Å². The standard InChI is InChI=1S/C22H21N3O4S/c1-13-8-14(2)10-18(9-13)24-20(27)12-25-21(28)19(30-22(25)29)11-16-4-6-17(7-5-16)23-15(3)26/h4-11H,12H2,1-3H3,(H,23,26)(H,24,27)/b19-11-. The number of thioether (sulfide) groups is 1. The Balaban J connectivity index is 1.67. The second-order valence-electron chi connectivity index (χ2n) is 7.00. The lowest BCUT2D eigenvalue weighted by Crippen LogP contribution is -2.36. The van der Waals surface area contributed by atoms with Gasteiger partial charge in [0.15, 0.2) is 0 Å². The van der Waals surface area contributed by atoms with Crippen molar-refractivity contribution >= 4 is 52.2 Å². The van der Waals surface area contributed by atoms with Crippen molar-refractivity contribution < 1.29 is 19.2 Å². The molecule has 7 nitrogen and oxygen atoms in total. The van der Waals surface area contributed by atoms with Gasteiger partial charge in [-0.05, 0) is 72.6 Å². The lowest BCUT2D eigenvalue weighted by Gasteiger charge is -2.13. The zero-order chi connectivity index (χ0) is 21.8. The lowest BCUT2D eigenvalue weighted by atomic mass is 10.1. The Kier molecular flexibility index (Phi) is 6.37. The minimum atomic E-state index is -0.508. The van der Waals surface area contributed by atoms with Gasteiger partial charge in [0.25, 0.3) is 11.1 Å². The molecule has 0 spiro atoms. The van der Waals surface area contributed by atoms with E-state index < -0.39 is 17.1 Å². The Bertz CT molecular complexity index is 1040. The smallest absolute Gasteiger partial charge is 0.294 e. The molecule has 154 valence electrons. The largest absolute Gasteiger partial charge is 0.326 e. The maximum absolute atomic E-state index is 12.6.